The van der Waals surface area contributed by atoms with E-state index in [-0.39, 0.29) is 17.1 Å². The molecule has 2 aromatic heterocycles. The van der Waals surface area contributed by atoms with Crippen LogP contribution in [0.2, 0.25) is 0 Å². The van der Waals surface area contributed by atoms with Crippen LogP contribution in [0.1, 0.15) is 5.69 Å². The molecule has 0 aromatic carbocycles. The molecule has 0 atom stereocenters. The lowest BCUT2D eigenvalue weighted by Gasteiger charge is -2.07. The Hall–Kier alpha value is -2.12. The van der Waals surface area contributed by atoms with Gasteiger partial charge in [0, 0.05) is 6.07 Å². The van der Waals surface area contributed by atoms with Gasteiger partial charge in [-0.3, -0.25) is 4.79 Å². The third-order valence-corrected chi connectivity index (χ3v) is 2.09. The highest BCUT2D eigenvalue weighted by Crippen LogP contribution is 2.29. The summed E-state index contributed by atoms with van der Waals surface area (Å²) in [4.78, 5) is 16.2. The number of aromatic amines is 1. The largest absolute Gasteiger partial charge is 0.433 e. The number of nitrogens with one attached hydrogen (secondary N) is 1. The van der Waals surface area contributed by atoms with Crippen molar-refractivity contribution in [3.63, 3.8) is 0 Å². The van der Waals surface area contributed by atoms with E-state index >= 15 is 0 Å². The molecule has 0 aliphatic carbocycles. The quantitative estimate of drug-likeness (QED) is 0.695. The highest BCUT2D eigenvalue weighted by atomic mass is 19.4. The van der Waals surface area contributed by atoms with Gasteiger partial charge in [-0.2, -0.15) is 13.2 Å². The second-order valence-corrected chi connectivity index (χ2v) is 3.30. The number of alkyl halides is 3. The average molecular weight is 247 g/mol. The van der Waals surface area contributed by atoms with Gasteiger partial charge in [-0.05, 0) is 6.07 Å². The zero-order valence-electron chi connectivity index (χ0n) is 8.10. The summed E-state index contributed by atoms with van der Waals surface area (Å²) in [6, 6.07) is 1.19. The molecule has 2 heterocycles. The van der Waals surface area contributed by atoms with E-state index in [9.17, 15) is 22.4 Å². The van der Waals surface area contributed by atoms with E-state index in [1.54, 1.807) is 0 Å². The molecule has 0 aliphatic rings. The van der Waals surface area contributed by atoms with Crippen molar-refractivity contribution in [1.29, 1.82) is 0 Å². The van der Waals surface area contributed by atoms with Crippen molar-refractivity contribution >= 4 is 16.7 Å². The maximum atomic E-state index is 13.4. The fourth-order valence-corrected chi connectivity index (χ4v) is 1.30. The summed E-state index contributed by atoms with van der Waals surface area (Å²) in [5.74, 6) is -1.15. The Balaban J connectivity index is 2.83. The normalized spacial score (nSPS) is 12.0. The molecule has 0 bridgehead atoms. The molecule has 0 saturated carbocycles. The Morgan fingerprint density at radius 1 is 1.29 bits per heavy atom. The lowest BCUT2D eigenvalue weighted by Crippen LogP contribution is -2.14. The van der Waals surface area contributed by atoms with E-state index in [0.29, 0.717) is 0 Å². The number of fused-ring (bicyclic) bond motifs is 1. The number of pyridine rings is 2. The predicted octanol–water partition coefficient (Wildman–Crippen LogP) is 1.66. The average Bonchev–Trinajstić information content (AvgIpc) is 2.19. The van der Waals surface area contributed by atoms with Crippen LogP contribution < -0.4 is 11.3 Å². The number of hydrogen-bond donors (Lipinski definition) is 2. The molecule has 0 unspecified atom stereocenters. The summed E-state index contributed by atoms with van der Waals surface area (Å²) < 4.78 is 50.4. The Kier molecular flexibility index (Phi) is 2.30. The minimum Gasteiger partial charge on any atom is -0.394 e. The van der Waals surface area contributed by atoms with Gasteiger partial charge in [0.25, 0.3) is 5.56 Å². The molecule has 0 aliphatic heterocycles. The number of nitrogens with zero attached hydrogens (tertiary/aromatic N) is 1. The fourth-order valence-electron chi connectivity index (χ4n) is 1.30. The Bertz CT molecular complexity index is 647. The summed E-state index contributed by atoms with van der Waals surface area (Å²) in [5.41, 5.74) is 2.21. The molecule has 4 nitrogen and oxygen atoms in total. The zero-order valence-corrected chi connectivity index (χ0v) is 8.10. The monoisotopic (exact) mass is 247 g/mol. The number of aromatic nitrogens is 2. The van der Waals surface area contributed by atoms with Gasteiger partial charge in [-0.15, -0.1) is 0 Å². The number of rotatable bonds is 0. The molecule has 8 heteroatoms. The second-order valence-electron chi connectivity index (χ2n) is 3.30. The predicted molar refractivity (Wildman–Crippen MR) is 51.7 cm³/mol. The summed E-state index contributed by atoms with van der Waals surface area (Å²) >= 11 is 0. The third-order valence-electron chi connectivity index (χ3n) is 2.09. The van der Waals surface area contributed by atoms with Crippen LogP contribution in [0, 0.1) is 5.82 Å². The maximum absolute atomic E-state index is 13.4. The molecule has 3 N–H and O–H groups in total. The first-order valence-electron chi connectivity index (χ1n) is 4.35. The standard InChI is InChI=1S/C9H5F4N3O/c10-4-2-6(9(11,12)13)15-7-3(4)1-5(14)8(17)16-7/h1-2H,14H2,(H,15,16,17). The van der Waals surface area contributed by atoms with Crippen LogP contribution in [-0.4, -0.2) is 9.97 Å². The maximum Gasteiger partial charge on any atom is 0.433 e. The Labute approximate surface area is 91.1 Å². The van der Waals surface area contributed by atoms with Gasteiger partial charge in [0.2, 0.25) is 0 Å². The van der Waals surface area contributed by atoms with Crippen LogP contribution in [0.25, 0.3) is 11.0 Å². The van der Waals surface area contributed by atoms with Crippen LogP contribution >= 0.6 is 0 Å². The van der Waals surface area contributed by atoms with Crippen LogP contribution in [0.3, 0.4) is 0 Å². The van der Waals surface area contributed by atoms with Crippen molar-refractivity contribution in [2.75, 3.05) is 5.73 Å². The summed E-state index contributed by atoms with van der Waals surface area (Å²) in [5, 5.41) is -0.268. The van der Waals surface area contributed by atoms with E-state index in [1.165, 1.54) is 0 Å². The van der Waals surface area contributed by atoms with Gasteiger partial charge in [-0.1, -0.05) is 0 Å². The van der Waals surface area contributed by atoms with Crippen molar-refractivity contribution in [2.45, 2.75) is 6.18 Å². The molecule has 0 amide bonds. The minimum absolute atomic E-state index is 0.250. The van der Waals surface area contributed by atoms with Crippen LogP contribution in [0.15, 0.2) is 16.9 Å². The SMILES string of the molecule is Nc1cc2c(F)cc(C(F)(F)F)nc2[nH]c1=O. The molecule has 2 rings (SSSR count). The van der Waals surface area contributed by atoms with E-state index < -0.39 is 28.9 Å². The first-order valence-corrected chi connectivity index (χ1v) is 4.35. The number of nitrogen functional groups attached to an aromatic ring is 1. The van der Waals surface area contributed by atoms with Gasteiger partial charge in [0.05, 0.1) is 11.1 Å². The molecular formula is C9H5F4N3O. The Morgan fingerprint density at radius 3 is 2.53 bits per heavy atom. The molecule has 2 aromatic rings. The summed E-state index contributed by atoms with van der Waals surface area (Å²) in [7, 11) is 0. The topological polar surface area (TPSA) is 71.8 Å². The first kappa shape index (κ1) is 11.4. The molecule has 0 fully saturated rings. The number of anilines is 1. The number of halogens is 4. The minimum atomic E-state index is -4.78. The molecule has 0 saturated heterocycles. The van der Waals surface area contributed by atoms with Gasteiger partial charge in [0.1, 0.15) is 17.2 Å². The van der Waals surface area contributed by atoms with Gasteiger partial charge < -0.3 is 10.7 Å². The van der Waals surface area contributed by atoms with E-state index in [2.05, 4.69) is 4.98 Å². The molecule has 90 valence electrons. The van der Waals surface area contributed by atoms with Crippen molar-refractivity contribution in [3.05, 3.63) is 34.0 Å². The summed E-state index contributed by atoms with van der Waals surface area (Å²) in [6.45, 7) is 0. The first-order chi connectivity index (χ1) is 7.79. The van der Waals surface area contributed by atoms with Crippen molar-refractivity contribution < 1.29 is 17.6 Å². The van der Waals surface area contributed by atoms with Crippen LogP contribution in [0.5, 0.6) is 0 Å². The Morgan fingerprint density at radius 2 is 1.94 bits per heavy atom. The lowest BCUT2D eigenvalue weighted by atomic mass is 10.2. The number of hydrogen-bond acceptors (Lipinski definition) is 3. The smallest absolute Gasteiger partial charge is 0.394 e. The van der Waals surface area contributed by atoms with Gasteiger partial charge in [0.15, 0.2) is 0 Å². The zero-order chi connectivity index (χ0) is 12.8. The van der Waals surface area contributed by atoms with E-state index in [0.717, 1.165) is 6.07 Å². The van der Waals surface area contributed by atoms with Crippen molar-refractivity contribution in [3.8, 4) is 0 Å². The molecule has 0 radical (unpaired) electrons. The van der Waals surface area contributed by atoms with Crippen LogP contribution in [0.4, 0.5) is 23.2 Å². The number of H-pyrrole nitrogens is 1. The van der Waals surface area contributed by atoms with Gasteiger partial charge in [-0.25, -0.2) is 9.37 Å². The van der Waals surface area contributed by atoms with E-state index in [1.807, 2.05) is 4.98 Å². The van der Waals surface area contributed by atoms with E-state index in [4.69, 9.17) is 5.73 Å². The lowest BCUT2D eigenvalue weighted by molar-refractivity contribution is -0.141. The van der Waals surface area contributed by atoms with Crippen LogP contribution in [-0.2, 0) is 6.18 Å². The third kappa shape index (κ3) is 1.93. The molecule has 17 heavy (non-hydrogen) atoms. The van der Waals surface area contributed by atoms with Crippen molar-refractivity contribution in [2.24, 2.45) is 0 Å². The fraction of sp³-hybridized carbons (Fsp3) is 0.111. The highest BCUT2D eigenvalue weighted by Gasteiger charge is 2.33. The van der Waals surface area contributed by atoms with Gasteiger partial charge >= 0.3 is 6.18 Å². The highest BCUT2D eigenvalue weighted by molar-refractivity contribution is 5.78. The second kappa shape index (κ2) is 3.44. The number of nitrogens with two attached hydrogens (primary N) is 1. The van der Waals surface area contributed by atoms with Crippen molar-refractivity contribution in [1.82, 2.24) is 9.97 Å². The molecule has 0 spiro atoms. The molecular weight excluding hydrogens is 242 g/mol. The summed E-state index contributed by atoms with van der Waals surface area (Å²) in [6.07, 6.45) is -4.78.